The van der Waals surface area contributed by atoms with Crippen molar-refractivity contribution in [2.75, 3.05) is 13.7 Å². The van der Waals surface area contributed by atoms with Crippen LogP contribution in [0.2, 0.25) is 0 Å². The molecule has 20 heavy (non-hydrogen) atoms. The minimum Gasteiger partial charge on any atom is -0.335 e. The molecule has 3 atom stereocenters. The summed E-state index contributed by atoms with van der Waals surface area (Å²) in [5.41, 5.74) is 0.972. The van der Waals surface area contributed by atoms with Gasteiger partial charge >= 0.3 is 0 Å². The van der Waals surface area contributed by atoms with E-state index in [2.05, 4.69) is 0 Å². The molecule has 0 saturated carbocycles. The first-order chi connectivity index (χ1) is 9.49. The average molecular weight is 277 g/mol. The van der Waals surface area contributed by atoms with E-state index in [0.717, 1.165) is 5.56 Å². The minimum absolute atomic E-state index is 0.113. The molecule has 0 N–H and O–H groups in total. The molecular weight excluding hydrogens is 258 g/mol. The van der Waals surface area contributed by atoms with Crippen molar-refractivity contribution in [2.45, 2.75) is 31.8 Å². The molecule has 0 spiro atoms. The van der Waals surface area contributed by atoms with Gasteiger partial charge in [-0.2, -0.15) is 0 Å². The zero-order chi connectivity index (χ0) is 14.8. The van der Waals surface area contributed by atoms with Crippen molar-refractivity contribution in [3.63, 3.8) is 0 Å². The summed E-state index contributed by atoms with van der Waals surface area (Å²) in [7, 11) is 1.72. The van der Waals surface area contributed by atoms with Gasteiger partial charge in [0, 0.05) is 7.05 Å². The molecule has 0 bridgehead atoms. The molecule has 1 fully saturated rings. The van der Waals surface area contributed by atoms with E-state index in [-0.39, 0.29) is 24.7 Å². The third-order valence-electron chi connectivity index (χ3n) is 3.66. The van der Waals surface area contributed by atoms with E-state index >= 15 is 0 Å². The molecule has 1 aromatic rings. The Bertz CT molecular complexity index is 490. The van der Waals surface area contributed by atoms with Crippen LogP contribution in [-0.2, 0) is 19.1 Å². The van der Waals surface area contributed by atoms with Gasteiger partial charge in [-0.25, -0.2) is 0 Å². The summed E-state index contributed by atoms with van der Waals surface area (Å²) in [6, 6.07) is 9.55. The van der Waals surface area contributed by atoms with E-state index in [1.165, 1.54) is 0 Å². The zero-order valence-electron chi connectivity index (χ0n) is 11.9. The third-order valence-corrected chi connectivity index (χ3v) is 3.66. The second kappa shape index (κ2) is 5.73. The van der Waals surface area contributed by atoms with Gasteiger partial charge in [0.2, 0.25) is 5.79 Å². The quantitative estimate of drug-likeness (QED) is 0.783. The number of hydrogen-bond donors (Lipinski definition) is 0. The number of ether oxygens (including phenoxy) is 2. The van der Waals surface area contributed by atoms with Crippen molar-refractivity contribution >= 4 is 12.2 Å². The van der Waals surface area contributed by atoms with Crippen LogP contribution in [0.1, 0.15) is 25.5 Å². The molecule has 1 aliphatic rings. The van der Waals surface area contributed by atoms with Gasteiger partial charge in [0.15, 0.2) is 0 Å². The number of carbonyl (C=O) groups is 2. The van der Waals surface area contributed by atoms with Crippen molar-refractivity contribution < 1.29 is 19.1 Å². The fraction of sp³-hybridized carbons (Fsp3) is 0.467. The van der Waals surface area contributed by atoms with Crippen LogP contribution in [0, 0.1) is 0 Å². The topological polar surface area (TPSA) is 55.8 Å². The van der Waals surface area contributed by atoms with Gasteiger partial charge in [0.05, 0.1) is 6.04 Å². The summed E-state index contributed by atoms with van der Waals surface area (Å²) < 4.78 is 11.2. The lowest BCUT2D eigenvalue weighted by Gasteiger charge is -2.45. The zero-order valence-corrected chi connectivity index (χ0v) is 11.9. The average Bonchev–Trinajstić information content (AvgIpc) is 2.48. The summed E-state index contributed by atoms with van der Waals surface area (Å²) in [6.45, 7) is 3.30. The summed E-state index contributed by atoms with van der Waals surface area (Å²) in [6.07, 6.45) is 0.313. The fourth-order valence-electron chi connectivity index (χ4n) is 2.38. The summed E-state index contributed by atoms with van der Waals surface area (Å²) >= 11 is 0. The van der Waals surface area contributed by atoms with Gasteiger partial charge in [0.25, 0.3) is 5.91 Å². The molecule has 0 aliphatic carbocycles. The SMILES string of the molecule is C[C@@H]1[C@H](c2ccccc2)O[C@@](C)(OCC=O)C(=O)N1C. The summed E-state index contributed by atoms with van der Waals surface area (Å²) in [5.74, 6) is -1.71. The molecule has 0 unspecified atom stereocenters. The molecule has 108 valence electrons. The van der Waals surface area contributed by atoms with E-state index in [4.69, 9.17) is 9.47 Å². The maximum absolute atomic E-state index is 12.3. The third kappa shape index (κ3) is 2.59. The van der Waals surface area contributed by atoms with Gasteiger partial charge in [-0.05, 0) is 19.4 Å². The Hall–Kier alpha value is -1.72. The monoisotopic (exact) mass is 277 g/mol. The highest BCUT2D eigenvalue weighted by Gasteiger charge is 2.48. The van der Waals surface area contributed by atoms with Crippen molar-refractivity contribution in [1.29, 1.82) is 0 Å². The number of hydrogen-bond acceptors (Lipinski definition) is 4. The number of benzene rings is 1. The van der Waals surface area contributed by atoms with Gasteiger partial charge in [-0.1, -0.05) is 30.3 Å². The van der Waals surface area contributed by atoms with Crippen molar-refractivity contribution in [1.82, 2.24) is 4.90 Å². The number of nitrogens with zero attached hydrogens (tertiary/aromatic N) is 1. The summed E-state index contributed by atoms with van der Waals surface area (Å²) in [5, 5.41) is 0. The van der Waals surface area contributed by atoms with Crippen LogP contribution in [0.15, 0.2) is 30.3 Å². The van der Waals surface area contributed by atoms with Gasteiger partial charge in [-0.3, -0.25) is 4.79 Å². The number of aldehydes is 1. The maximum atomic E-state index is 12.3. The number of amides is 1. The smallest absolute Gasteiger partial charge is 0.282 e. The standard InChI is InChI=1S/C15H19NO4/c1-11-13(12-7-5-4-6-8-12)20-15(2,19-10-9-17)14(18)16(11)3/h4-9,11,13H,10H2,1-3H3/t11-,13-,15-/m1/s1. The number of morpholine rings is 1. The largest absolute Gasteiger partial charge is 0.335 e. The van der Waals surface area contributed by atoms with Crippen molar-refractivity contribution in [3.05, 3.63) is 35.9 Å². The van der Waals surface area contributed by atoms with Gasteiger partial charge in [-0.15, -0.1) is 0 Å². The number of rotatable bonds is 4. The molecule has 5 nitrogen and oxygen atoms in total. The molecule has 1 aliphatic heterocycles. The lowest BCUT2D eigenvalue weighted by atomic mass is 9.98. The highest BCUT2D eigenvalue weighted by molar-refractivity contribution is 5.84. The van der Waals surface area contributed by atoms with Crippen molar-refractivity contribution in [2.24, 2.45) is 0 Å². The normalized spacial score (nSPS) is 30.4. The first-order valence-electron chi connectivity index (χ1n) is 6.57. The summed E-state index contributed by atoms with van der Waals surface area (Å²) in [4.78, 5) is 24.4. The Balaban J connectivity index is 2.30. The molecule has 1 heterocycles. The minimum atomic E-state index is -1.43. The van der Waals surface area contributed by atoms with E-state index in [1.54, 1.807) is 18.9 Å². The first-order valence-corrected chi connectivity index (χ1v) is 6.57. The molecule has 1 amide bonds. The van der Waals surface area contributed by atoms with Crippen LogP contribution in [0.25, 0.3) is 0 Å². The van der Waals surface area contributed by atoms with E-state index in [0.29, 0.717) is 6.29 Å². The van der Waals surface area contributed by atoms with Crippen LogP contribution in [0.3, 0.4) is 0 Å². The molecule has 0 radical (unpaired) electrons. The molecule has 2 rings (SSSR count). The Morgan fingerprint density at radius 1 is 1.40 bits per heavy atom. The number of likely N-dealkylation sites (N-methyl/N-ethyl adjacent to an activating group) is 1. The van der Waals surface area contributed by atoms with Gasteiger partial charge in [0.1, 0.15) is 19.0 Å². The van der Waals surface area contributed by atoms with Crippen LogP contribution >= 0.6 is 0 Å². The van der Waals surface area contributed by atoms with E-state index in [1.807, 2.05) is 37.3 Å². The predicted octanol–water partition coefficient (Wildman–Crippen LogP) is 1.54. The molecule has 1 aromatic carbocycles. The van der Waals surface area contributed by atoms with Crippen LogP contribution in [0.5, 0.6) is 0 Å². The second-order valence-corrected chi connectivity index (χ2v) is 5.03. The first kappa shape index (κ1) is 14.7. The molecular formula is C15H19NO4. The van der Waals surface area contributed by atoms with Crippen LogP contribution < -0.4 is 0 Å². The second-order valence-electron chi connectivity index (χ2n) is 5.03. The van der Waals surface area contributed by atoms with Gasteiger partial charge < -0.3 is 19.2 Å². The highest BCUT2D eigenvalue weighted by Crippen LogP contribution is 2.36. The lowest BCUT2D eigenvalue weighted by Crippen LogP contribution is -2.59. The number of carbonyl (C=O) groups excluding carboxylic acids is 2. The van der Waals surface area contributed by atoms with Crippen LogP contribution in [0.4, 0.5) is 0 Å². The van der Waals surface area contributed by atoms with E-state index in [9.17, 15) is 9.59 Å². The Morgan fingerprint density at radius 3 is 2.65 bits per heavy atom. The van der Waals surface area contributed by atoms with Crippen molar-refractivity contribution in [3.8, 4) is 0 Å². The Kier molecular flexibility index (Phi) is 4.20. The Morgan fingerprint density at radius 2 is 2.05 bits per heavy atom. The highest BCUT2D eigenvalue weighted by atomic mass is 16.7. The Labute approximate surface area is 118 Å². The maximum Gasteiger partial charge on any atom is 0.282 e. The van der Waals surface area contributed by atoms with Crippen LogP contribution in [-0.4, -0.2) is 42.6 Å². The van der Waals surface area contributed by atoms with E-state index < -0.39 is 5.79 Å². The molecule has 1 saturated heterocycles. The molecule has 0 aromatic heterocycles. The fourth-order valence-corrected chi connectivity index (χ4v) is 2.38. The predicted molar refractivity (Wildman–Crippen MR) is 72.9 cm³/mol. The lowest BCUT2D eigenvalue weighted by molar-refractivity contribution is -0.271. The molecule has 5 heteroatoms.